The van der Waals surface area contributed by atoms with Gasteiger partial charge < -0.3 is 4.90 Å². The Morgan fingerprint density at radius 1 is 0.941 bits per heavy atom. The Morgan fingerprint density at radius 2 is 1.59 bits per heavy atom. The molecule has 0 aromatic heterocycles. The van der Waals surface area contributed by atoms with Crippen molar-refractivity contribution in [1.29, 1.82) is 0 Å². The molecule has 0 unspecified atom stereocenters. The Balaban J connectivity index is 1.84. The summed E-state index contributed by atoms with van der Waals surface area (Å²) in [5, 5.41) is 4.01. The summed E-state index contributed by atoms with van der Waals surface area (Å²) in [4.78, 5) is 14.9. The van der Waals surface area contributed by atoms with Gasteiger partial charge in [-0.15, -0.1) is 0 Å². The van der Waals surface area contributed by atoms with Crippen molar-refractivity contribution < 1.29 is 13.2 Å². The Morgan fingerprint density at radius 3 is 2.21 bits per heavy atom. The maximum atomic E-state index is 13.5. The molecule has 178 valence electrons. The molecule has 3 aromatic carbocycles. The third kappa shape index (κ3) is 5.82. The summed E-state index contributed by atoms with van der Waals surface area (Å²) < 4.78 is 28.2. The largest absolute Gasteiger partial charge is 0.378 e. The van der Waals surface area contributed by atoms with Crippen LogP contribution in [-0.2, 0) is 14.8 Å². The summed E-state index contributed by atoms with van der Waals surface area (Å²) in [6.07, 6.45) is 1.52. The van der Waals surface area contributed by atoms with Crippen molar-refractivity contribution in [3.63, 3.8) is 0 Å². The Hall–Kier alpha value is -3.65. The van der Waals surface area contributed by atoms with Gasteiger partial charge in [-0.05, 0) is 67.8 Å². The molecule has 0 aliphatic carbocycles. The molecule has 0 aliphatic heterocycles. The van der Waals surface area contributed by atoms with Crippen LogP contribution in [0.15, 0.2) is 76.7 Å². The second-order valence-electron chi connectivity index (χ2n) is 8.32. The van der Waals surface area contributed by atoms with Gasteiger partial charge in [0, 0.05) is 19.8 Å². The summed E-state index contributed by atoms with van der Waals surface area (Å²) in [6.45, 7) is 5.23. The van der Waals surface area contributed by atoms with Crippen molar-refractivity contribution in [2.45, 2.75) is 25.7 Å². The molecule has 1 N–H and O–H groups in total. The number of nitrogens with zero attached hydrogens (tertiary/aromatic N) is 3. The monoisotopic (exact) mass is 478 g/mol. The molecular formula is C26H30N4O3S. The topological polar surface area (TPSA) is 82.1 Å². The standard InChI is InChI=1S/C26H30N4O3S/c1-19-9-15-24(16-10-19)34(32,33)30(25-8-6-7-20(2)21(25)3)18-26(31)28-27-17-22-11-13-23(14-12-22)29(4)5/h6-17H,18H2,1-5H3,(H,28,31)/b27-17-. The highest BCUT2D eigenvalue weighted by molar-refractivity contribution is 7.92. The molecule has 0 radical (unpaired) electrons. The number of anilines is 2. The van der Waals surface area contributed by atoms with Crippen molar-refractivity contribution in [2.24, 2.45) is 5.10 Å². The van der Waals surface area contributed by atoms with E-state index < -0.39 is 22.5 Å². The predicted molar refractivity (Wildman–Crippen MR) is 138 cm³/mol. The van der Waals surface area contributed by atoms with Crippen LogP contribution in [0.2, 0.25) is 0 Å². The number of aryl methyl sites for hydroxylation is 2. The fourth-order valence-electron chi connectivity index (χ4n) is 3.35. The van der Waals surface area contributed by atoms with E-state index in [0.29, 0.717) is 5.69 Å². The quantitative estimate of drug-likeness (QED) is 0.392. The number of rotatable bonds is 8. The Labute approximate surface area is 201 Å². The zero-order valence-electron chi connectivity index (χ0n) is 20.1. The highest BCUT2D eigenvalue weighted by Crippen LogP contribution is 2.28. The van der Waals surface area contributed by atoms with Crippen LogP contribution in [0.5, 0.6) is 0 Å². The van der Waals surface area contributed by atoms with Crippen LogP contribution < -0.4 is 14.6 Å². The first-order chi connectivity index (χ1) is 16.1. The van der Waals surface area contributed by atoms with E-state index in [0.717, 1.165) is 32.2 Å². The number of nitrogens with one attached hydrogen (secondary N) is 1. The second-order valence-corrected chi connectivity index (χ2v) is 10.2. The van der Waals surface area contributed by atoms with Crippen molar-refractivity contribution in [3.05, 3.63) is 89.0 Å². The molecule has 34 heavy (non-hydrogen) atoms. The van der Waals surface area contributed by atoms with Crippen molar-refractivity contribution in [2.75, 3.05) is 29.8 Å². The van der Waals surface area contributed by atoms with Crippen LogP contribution in [0, 0.1) is 20.8 Å². The number of carbonyl (C=O) groups excluding carboxylic acids is 1. The molecule has 3 rings (SSSR count). The van der Waals surface area contributed by atoms with Gasteiger partial charge in [0.2, 0.25) is 0 Å². The zero-order chi connectivity index (χ0) is 24.9. The average molecular weight is 479 g/mol. The van der Waals surface area contributed by atoms with Crippen molar-refractivity contribution in [3.8, 4) is 0 Å². The van der Waals surface area contributed by atoms with E-state index >= 15 is 0 Å². The molecular weight excluding hydrogens is 448 g/mol. The molecule has 7 nitrogen and oxygen atoms in total. The van der Waals surface area contributed by atoms with Gasteiger partial charge in [0.25, 0.3) is 15.9 Å². The Bertz CT molecular complexity index is 1280. The average Bonchev–Trinajstić information content (AvgIpc) is 2.80. The van der Waals surface area contributed by atoms with Crippen LogP contribution >= 0.6 is 0 Å². The first-order valence-corrected chi connectivity index (χ1v) is 12.3. The first-order valence-electron chi connectivity index (χ1n) is 10.8. The number of benzene rings is 3. The zero-order valence-corrected chi connectivity index (χ0v) is 20.9. The number of hydrogen-bond acceptors (Lipinski definition) is 5. The molecule has 0 heterocycles. The fourth-order valence-corrected chi connectivity index (χ4v) is 4.82. The van der Waals surface area contributed by atoms with Crippen LogP contribution in [0.1, 0.15) is 22.3 Å². The minimum Gasteiger partial charge on any atom is -0.378 e. The smallest absolute Gasteiger partial charge is 0.264 e. The van der Waals surface area contributed by atoms with Crippen LogP contribution in [0.3, 0.4) is 0 Å². The lowest BCUT2D eigenvalue weighted by Gasteiger charge is -2.26. The van der Waals surface area contributed by atoms with Gasteiger partial charge in [-0.3, -0.25) is 9.10 Å². The number of hydrazone groups is 1. The molecule has 3 aromatic rings. The number of hydrogen-bond donors (Lipinski definition) is 1. The molecule has 0 atom stereocenters. The van der Waals surface area contributed by atoms with Gasteiger partial charge in [-0.1, -0.05) is 42.0 Å². The van der Waals surface area contributed by atoms with Crippen LogP contribution in [-0.4, -0.2) is 41.2 Å². The second kappa shape index (κ2) is 10.5. The Kier molecular flexibility index (Phi) is 7.73. The van der Waals surface area contributed by atoms with Gasteiger partial charge >= 0.3 is 0 Å². The summed E-state index contributed by atoms with van der Waals surface area (Å²) in [7, 11) is -0.0713. The normalized spacial score (nSPS) is 11.4. The van der Waals surface area contributed by atoms with Crippen molar-refractivity contribution >= 4 is 33.5 Å². The number of amides is 1. The van der Waals surface area contributed by atoms with Gasteiger partial charge in [-0.25, -0.2) is 13.8 Å². The van der Waals surface area contributed by atoms with Gasteiger partial charge in [0.1, 0.15) is 6.54 Å². The SMILES string of the molecule is Cc1ccc(S(=O)(=O)N(CC(=O)N/N=C\c2ccc(N(C)C)cc2)c2cccc(C)c2C)cc1. The maximum Gasteiger partial charge on any atom is 0.264 e. The highest BCUT2D eigenvalue weighted by Gasteiger charge is 2.28. The van der Waals surface area contributed by atoms with E-state index in [9.17, 15) is 13.2 Å². The molecule has 1 amide bonds. The molecule has 0 spiro atoms. The molecule has 0 fully saturated rings. The first kappa shape index (κ1) is 25.0. The van der Waals surface area contributed by atoms with Gasteiger partial charge in [0.15, 0.2) is 0 Å². The molecule has 8 heteroatoms. The molecule has 0 saturated heterocycles. The van der Waals surface area contributed by atoms with E-state index in [1.807, 2.05) is 70.1 Å². The lowest BCUT2D eigenvalue weighted by molar-refractivity contribution is -0.119. The van der Waals surface area contributed by atoms with E-state index in [1.54, 1.807) is 36.4 Å². The highest BCUT2D eigenvalue weighted by atomic mass is 32.2. The molecule has 0 saturated carbocycles. The minimum absolute atomic E-state index is 0.122. The summed E-state index contributed by atoms with van der Waals surface area (Å²) in [5.74, 6) is -0.544. The van der Waals surface area contributed by atoms with Gasteiger partial charge in [-0.2, -0.15) is 5.10 Å². The van der Waals surface area contributed by atoms with Crippen LogP contribution in [0.25, 0.3) is 0 Å². The number of carbonyl (C=O) groups is 1. The van der Waals surface area contributed by atoms with E-state index in [1.165, 1.54) is 6.21 Å². The van der Waals surface area contributed by atoms with E-state index in [2.05, 4.69) is 10.5 Å². The fraction of sp³-hybridized carbons (Fsp3) is 0.231. The maximum absolute atomic E-state index is 13.5. The summed E-state index contributed by atoms with van der Waals surface area (Å²) >= 11 is 0. The lowest BCUT2D eigenvalue weighted by Crippen LogP contribution is -2.40. The lowest BCUT2D eigenvalue weighted by atomic mass is 10.1. The van der Waals surface area contributed by atoms with E-state index in [4.69, 9.17) is 0 Å². The van der Waals surface area contributed by atoms with Crippen molar-refractivity contribution in [1.82, 2.24) is 5.43 Å². The third-order valence-corrected chi connectivity index (χ3v) is 7.33. The molecule has 0 bridgehead atoms. The summed E-state index contributed by atoms with van der Waals surface area (Å²) in [6, 6.07) is 19.6. The summed E-state index contributed by atoms with van der Waals surface area (Å²) in [5.41, 5.74) is 7.43. The minimum atomic E-state index is -3.98. The molecule has 0 aliphatic rings. The third-order valence-electron chi connectivity index (χ3n) is 5.55. The number of sulfonamides is 1. The predicted octanol–water partition coefficient (Wildman–Crippen LogP) is 4.02. The van der Waals surface area contributed by atoms with E-state index in [-0.39, 0.29) is 4.90 Å². The van der Waals surface area contributed by atoms with Crippen LogP contribution in [0.4, 0.5) is 11.4 Å². The van der Waals surface area contributed by atoms with Gasteiger partial charge in [0.05, 0.1) is 16.8 Å².